The second-order valence-corrected chi connectivity index (χ2v) is 4.22. The van der Waals surface area contributed by atoms with Gasteiger partial charge in [-0.25, -0.2) is 9.78 Å². The lowest BCUT2D eigenvalue weighted by atomic mass is 10.1. The van der Waals surface area contributed by atoms with Crippen molar-refractivity contribution in [3.8, 4) is 0 Å². The van der Waals surface area contributed by atoms with Gasteiger partial charge in [0, 0.05) is 17.7 Å². The largest absolute Gasteiger partial charge is 0.349 e. The van der Waals surface area contributed by atoms with E-state index < -0.39 is 11.2 Å². The molecule has 2 heterocycles. The van der Waals surface area contributed by atoms with Gasteiger partial charge in [-0.05, 0) is 13.3 Å². The van der Waals surface area contributed by atoms with Crippen molar-refractivity contribution < 1.29 is 4.79 Å². The zero-order chi connectivity index (χ0) is 14.5. The van der Waals surface area contributed by atoms with Crippen LogP contribution in [0.15, 0.2) is 15.9 Å². The van der Waals surface area contributed by atoms with Crippen molar-refractivity contribution in [3.63, 3.8) is 0 Å². The van der Waals surface area contributed by atoms with Crippen LogP contribution in [0.1, 0.15) is 23.5 Å². The third kappa shape index (κ3) is 3.40. The van der Waals surface area contributed by atoms with Gasteiger partial charge < -0.3 is 10.3 Å². The molecule has 0 aliphatic carbocycles. The summed E-state index contributed by atoms with van der Waals surface area (Å²) in [4.78, 5) is 42.8. The second-order valence-electron chi connectivity index (χ2n) is 4.22. The summed E-state index contributed by atoms with van der Waals surface area (Å²) in [5, 5.41) is 8.93. The maximum atomic E-state index is 11.6. The lowest BCUT2D eigenvalue weighted by Gasteiger charge is -2.05. The van der Waals surface area contributed by atoms with Gasteiger partial charge in [-0.15, -0.1) is 0 Å². The smallest absolute Gasteiger partial charge is 0.325 e. The highest BCUT2D eigenvalue weighted by atomic mass is 16.2. The maximum absolute atomic E-state index is 11.6. The molecule has 0 radical (unpaired) electrons. The molecule has 1 amide bonds. The number of nitrogens with one attached hydrogen (secondary N) is 4. The summed E-state index contributed by atoms with van der Waals surface area (Å²) >= 11 is 0. The van der Waals surface area contributed by atoms with Crippen LogP contribution >= 0.6 is 0 Å². The molecule has 0 fully saturated rings. The number of nitrogens with zero attached hydrogens (tertiary/aromatic N) is 2. The lowest BCUT2D eigenvalue weighted by molar-refractivity contribution is -0.121. The van der Waals surface area contributed by atoms with Gasteiger partial charge in [-0.1, -0.05) is 0 Å². The molecule has 9 heteroatoms. The molecule has 20 heavy (non-hydrogen) atoms. The fraction of sp³-hybridized carbons (Fsp3) is 0.364. The molecule has 4 N–H and O–H groups in total. The minimum absolute atomic E-state index is 0.143. The van der Waals surface area contributed by atoms with Crippen molar-refractivity contribution in [2.24, 2.45) is 0 Å². The molecule has 0 saturated heterocycles. The summed E-state index contributed by atoms with van der Waals surface area (Å²) < 4.78 is 0. The minimum atomic E-state index is -0.550. The molecule has 2 rings (SSSR count). The Labute approximate surface area is 112 Å². The predicted octanol–water partition coefficient (Wildman–Crippen LogP) is -1.26. The van der Waals surface area contributed by atoms with Gasteiger partial charge in [-0.2, -0.15) is 5.10 Å². The monoisotopic (exact) mass is 278 g/mol. The first-order valence-electron chi connectivity index (χ1n) is 5.99. The molecule has 0 saturated carbocycles. The van der Waals surface area contributed by atoms with Gasteiger partial charge in [0.05, 0.1) is 6.54 Å². The maximum Gasteiger partial charge on any atom is 0.325 e. The van der Waals surface area contributed by atoms with E-state index in [9.17, 15) is 14.4 Å². The van der Waals surface area contributed by atoms with E-state index in [1.165, 1.54) is 6.33 Å². The van der Waals surface area contributed by atoms with Crippen LogP contribution in [0.3, 0.4) is 0 Å². The van der Waals surface area contributed by atoms with Crippen LogP contribution < -0.4 is 16.6 Å². The number of hydrogen-bond acceptors (Lipinski definition) is 5. The molecule has 0 spiro atoms. The van der Waals surface area contributed by atoms with E-state index >= 15 is 0 Å². The van der Waals surface area contributed by atoms with Crippen molar-refractivity contribution in [2.75, 3.05) is 0 Å². The van der Waals surface area contributed by atoms with Crippen LogP contribution in [-0.4, -0.2) is 31.1 Å². The van der Waals surface area contributed by atoms with Crippen LogP contribution in [-0.2, 0) is 17.8 Å². The molecule has 0 aliphatic rings. The lowest BCUT2D eigenvalue weighted by Crippen LogP contribution is -2.29. The summed E-state index contributed by atoms with van der Waals surface area (Å²) in [6.07, 6.45) is 1.75. The summed E-state index contributed by atoms with van der Waals surface area (Å²) in [5.41, 5.74) is -0.137. The Kier molecular flexibility index (Phi) is 4.08. The van der Waals surface area contributed by atoms with Crippen molar-refractivity contribution in [3.05, 3.63) is 44.2 Å². The highest BCUT2D eigenvalue weighted by Crippen LogP contribution is 2.00. The SMILES string of the molecule is Cc1[nH]c(=O)[nH]c(=O)c1CCC(=O)NCc1ncn[nH]1. The normalized spacial score (nSPS) is 10.4. The first kappa shape index (κ1) is 13.7. The molecular formula is C11H14N6O3. The topological polar surface area (TPSA) is 136 Å². The number of hydrogen-bond donors (Lipinski definition) is 4. The van der Waals surface area contributed by atoms with Crippen molar-refractivity contribution in [1.82, 2.24) is 30.5 Å². The standard InChI is InChI=1S/C11H14N6O3/c1-6-7(10(19)16-11(20)15-6)2-3-9(18)12-4-8-13-5-14-17-8/h5H,2-4H2,1H3,(H,12,18)(H,13,14,17)(H2,15,16,19,20). The molecule has 2 aromatic heterocycles. The van der Waals surface area contributed by atoms with E-state index in [1.54, 1.807) is 6.92 Å². The molecule has 0 unspecified atom stereocenters. The Morgan fingerprint density at radius 2 is 2.15 bits per heavy atom. The Bertz CT molecular complexity index is 700. The van der Waals surface area contributed by atoms with Gasteiger partial charge in [0.25, 0.3) is 5.56 Å². The molecule has 106 valence electrons. The van der Waals surface area contributed by atoms with Crippen LogP contribution in [0.25, 0.3) is 0 Å². The molecule has 0 atom stereocenters. The average Bonchev–Trinajstić information content (AvgIpc) is 2.88. The van der Waals surface area contributed by atoms with E-state index in [4.69, 9.17) is 0 Å². The zero-order valence-corrected chi connectivity index (χ0v) is 10.8. The zero-order valence-electron chi connectivity index (χ0n) is 10.8. The highest BCUT2D eigenvalue weighted by Gasteiger charge is 2.09. The van der Waals surface area contributed by atoms with Gasteiger partial charge >= 0.3 is 5.69 Å². The van der Waals surface area contributed by atoms with Gasteiger partial charge in [0.15, 0.2) is 0 Å². The van der Waals surface area contributed by atoms with Crippen LogP contribution in [0, 0.1) is 6.92 Å². The minimum Gasteiger partial charge on any atom is -0.349 e. The molecule has 2 aromatic rings. The number of aromatic nitrogens is 5. The number of amides is 1. The second kappa shape index (κ2) is 5.95. The number of aromatic amines is 3. The van der Waals surface area contributed by atoms with E-state index in [0.29, 0.717) is 17.1 Å². The van der Waals surface area contributed by atoms with E-state index in [1.807, 2.05) is 0 Å². The van der Waals surface area contributed by atoms with Crippen molar-refractivity contribution in [2.45, 2.75) is 26.3 Å². The number of carbonyl (C=O) groups excluding carboxylic acids is 1. The van der Waals surface area contributed by atoms with E-state index in [-0.39, 0.29) is 25.3 Å². The quantitative estimate of drug-likeness (QED) is 0.541. The van der Waals surface area contributed by atoms with E-state index in [0.717, 1.165) is 0 Å². The number of aryl methyl sites for hydroxylation is 1. The van der Waals surface area contributed by atoms with Gasteiger partial charge in [0.1, 0.15) is 12.2 Å². The van der Waals surface area contributed by atoms with Crippen LogP contribution in [0.4, 0.5) is 0 Å². The Balaban J connectivity index is 1.90. The first-order chi connectivity index (χ1) is 9.56. The Morgan fingerprint density at radius 1 is 1.35 bits per heavy atom. The number of carbonyl (C=O) groups is 1. The summed E-state index contributed by atoms with van der Waals surface area (Å²) in [7, 11) is 0. The van der Waals surface area contributed by atoms with Crippen molar-refractivity contribution in [1.29, 1.82) is 0 Å². The van der Waals surface area contributed by atoms with E-state index in [2.05, 4.69) is 30.5 Å². The summed E-state index contributed by atoms with van der Waals surface area (Å²) in [6.45, 7) is 1.87. The third-order valence-corrected chi connectivity index (χ3v) is 2.77. The van der Waals surface area contributed by atoms with Gasteiger partial charge in [0.2, 0.25) is 5.91 Å². The fourth-order valence-corrected chi connectivity index (χ4v) is 1.75. The van der Waals surface area contributed by atoms with Crippen molar-refractivity contribution >= 4 is 5.91 Å². The fourth-order valence-electron chi connectivity index (χ4n) is 1.75. The van der Waals surface area contributed by atoms with Crippen LogP contribution in [0.5, 0.6) is 0 Å². The molecule has 0 aliphatic heterocycles. The summed E-state index contributed by atoms with van der Waals surface area (Å²) in [6, 6.07) is 0. The molecule has 9 nitrogen and oxygen atoms in total. The molecular weight excluding hydrogens is 264 g/mol. The Morgan fingerprint density at radius 3 is 2.80 bits per heavy atom. The summed E-state index contributed by atoms with van der Waals surface area (Å²) in [5.74, 6) is 0.336. The molecule has 0 aromatic carbocycles. The highest BCUT2D eigenvalue weighted by molar-refractivity contribution is 5.76. The predicted molar refractivity (Wildman–Crippen MR) is 69.0 cm³/mol. The number of rotatable bonds is 5. The molecule has 0 bridgehead atoms. The average molecular weight is 278 g/mol. The number of H-pyrrole nitrogens is 3. The Hall–Kier alpha value is -2.71. The first-order valence-corrected chi connectivity index (χ1v) is 5.99. The van der Waals surface area contributed by atoms with Crippen LogP contribution in [0.2, 0.25) is 0 Å². The van der Waals surface area contributed by atoms with Gasteiger partial charge in [-0.3, -0.25) is 19.7 Å². The third-order valence-electron chi connectivity index (χ3n) is 2.77.